The summed E-state index contributed by atoms with van der Waals surface area (Å²) in [6.07, 6.45) is 5.76. The molecule has 64 valence electrons. The number of ether oxygens (including phenoxy) is 1. The van der Waals surface area contributed by atoms with Crippen molar-refractivity contribution in [3.8, 4) is 5.88 Å². The highest BCUT2D eigenvalue weighted by atomic mass is 16.5. The molecular weight excluding hydrogens is 150 g/mol. The zero-order chi connectivity index (χ0) is 8.39. The van der Waals surface area contributed by atoms with Crippen molar-refractivity contribution in [2.75, 3.05) is 0 Å². The molecule has 0 spiro atoms. The van der Waals surface area contributed by atoms with E-state index in [9.17, 15) is 0 Å². The van der Waals surface area contributed by atoms with Crippen LogP contribution in [0.1, 0.15) is 25.3 Å². The molecule has 0 atom stereocenters. The van der Waals surface area contributed by atoms with Gasteiger partial charge in [0.15, 0.2) is 0 Å². The summed E-state index contributed by atoms with van der Waals surface area (Å²) in [5, 5.41) is 0. The summed E-state index contributed by atoms with van der Waals surface area (Å²) in [4.78, 5) is 4.21. The molecule has 1 aliphatic rings. The Bertz CT molecular complexity index is 251. The van der Waals surface area contributed by atoms with Crippen LogP contribution in [0.5, 0.6) is 5.88 Å². The quantitative estimate of drug-likeness (QED) is 0.681. The van der Waals surface area contributed by atoms with Crippen molar-refractivity contribution in [1.29, 1.82) is 0 Å². The molecule has 0 radical (unpaired) electrons. The second-order valence-corrected chi connectivity index (χ2v) is 3.18. The van der Waals surface area contributed by atoms with E-state index in [0.29, 0.717) is 6.10 Å². The van der Waals surface area contributed by atoms with E-state index in [2.05, 4.69) is 18.0 Å². The Hall–Kier alpha value is -1.05. The minimum atomic E-state index is 0.449. The Labute approximate surface area is 72.6 Å². The van der Waals surface area contributed by atoms with E-state index >= 15 is 0 Å². The van der Waals surface area contributed by atoms with Crippen LogP contribution in [0.15, 0.2) is 18.3 Å². The summed E-state index contributed by atoms with van der Waals surface area (Å²) < 4.78 is 5.51. The fraction of sp³-hybridized carbons (Fsp3) is 0.500. The van der Waals surface area contributed by atoms with Gasteiger partial charge in [0.25, 0.3) is 0 Å². The zero-order valence-corrected chi connectivity index (χ0v) is 7.29. The number of nitrogens with zero attached hydrogens (tertiary/aromatic N) is 1. The normalized spacial score (nSPS) is 16.1. The fourth-order valence-corrected chi connectivity index (χ4v) is 1.05. The Morgan fingerprint density at radius 3 is 2.83 bits per heavy atom. The van der Waals surface area contributed by atoms with Gasteiger partial charge < -0.3 is 4.74 Å². The molecule has 2 heteroatoms. The molecule has 0 N–H and O–H groups in total. The molecular formula is C10H13NO. The Morgan fingerprint density at radius 1 is 1.50 bits per heavy atom. The van der Waals surface area contributed by atoms with Crippen LogP contribution in [0.3, 0.4) is 0 Å². The van der Waals surface area contributed by atoms with Crippen LogP contribution in [0.2, 0.25) is 0 Å². The molecule has 0 saturated heterocycles. The lowest BCUT2D eigenvalue weighted by atomic mass is 10.2. The van der Waals surface area contributed by atoms with E-state index in [1.807, 2.05) is 12.3 Å². The average Bonchev–Trinajstić information content (AvgIpc) is 2.90. The first-order valence-corrected chi connectivity index (χ1v) is 4.50. The maximum absolute atomic E-state index is 5.51. The summed E-state index contributed by atoms with van der Waals surface area (Å²) in [5.41, 5.74) is 1.26. The van der Waals surface area contributed by atoms with E-state index in [-0.39, 0.29) is 0 Å². The predicted octanol–water partition coefficient (Wildman–Crippen LogP) is 2.19. The van der Waals surface area contributed by atoms with E-state index in [1.54, 1.807) is 0 Å². The van der Waals surface area contributed by atoms with Gasteiger partial charge in [-0.05, 0) is 24.8 Å². The number of hydrogen-bond acceptors (Lipinski definition) is 2. The number of hydrogen-bond donors (Lipinski definition) is 0. The van der Waals surface area contributed by atoms with Gasteiger partial charge in [0.1, 0.15) is 6.10 Å². The Kier molecular flexibility index (Phi) is 1.98. The molecule has 0 bridgehead atoms. The molecule has 0 aromatic carbocycles. The fourth-order valence-electron chi connectivity index (χ4n) is 1.05. The van der Waals surface area contributed by atoms with Gasteiger partial charge in [-0.15, -0.1) is 0 Å². The van der Waals surface area contributed by atoms with Gasteiger partial charge in [-0.1, -0.05) is 13.0 Å². The summed E-state index contributed by atoms with van der Waals surface area (Å²) in [6, 6.07) is 4.03. The van der Waals surface area contributed by atoms with Gasteiger partial charge in [-0.2, -0.15) is 0 Å². The molecule has 12 heavy (non-hydrogen) atoms. The molecule has 1 saturated carbocycles. The Balaban J connectivity index is 2.02. The highest BCUT2D eigenvalue weighted by Gasteiger charge is 2.23. The van der Waals surface area contributed by atoms with Crippen molar-refractivity contribution >= 4 is 0 Å². The molecule has 1 aliphatic carbocycles. The van der Waals surface area contributed by atoms with Crippen LogP contribution in [0.25, 0.3) is 0 Å². The number of pyridine rings is 1. The monoisotopic (exact) mass is 163 g/mol. The van der Waals surface area contributed by atoms with Gasteiger partial charge in [-0.3, -0.25) is 0 Å². The van der Waals surface area contributed by atoms with Gasteiger partial charge in [0.2, 0.25) is 5.88 Å². The van der Waals surface area contributed by atoms with Crippen LogP contribution in [-0.4, -0.2) is 11.1 Å². The minimum Gasteiger partial charge on any atom is -0.474 e. The first-order valence-electron chi connectivity index (χ1n) is 4.50. The molecule has 2 rings (SSSR count). The van der Waals surface area contributed by atoms with Crippen molar-refractivity contribution in [3.05, 3.63) is 23.9 Å². The lowest BCUT2D eigenvalue weighted by Crippen LogP contribution is -1.97. The SMILES string of the molecule is CCc1ccc(OC2CC2)nc1. The molecule has 1 aromatic heterocycles. The van der Waals surface area contributed by atoms with E-state index in [0.717, 1.165) is 12.3 Å². The standard InChI is InChI=1S/C10H13NO/c1-2-8-3-6-10(11-7-8)12-9-4-5-9/h3,6-7,9H,2,4-5H2,1H3. The average molecular weight is 163 g/mol. The van der Waals surface area contributed by atoms with Crippen molar-refractivity contribution < 1.29 is 4.74 Å². The Morgan fingerprint density at radius 2 is 2.33 bits per heavy atom. The first kappa shape index (κ1) is 7.59. The van der Waals surface area contributed by atoms with Gasteiger partial charge in [-0.25, -0.2) is 4.98 Å². The largest absolute Gasteiger partial charge is 0.474 e. The maximum atomic E-state index is 5.51. The van der Waals surface area contributed by atoms with Crippen LogP contribution in [-0.2, 0) is 6.42 Å². The third-order valence-electron chi connectivity index (χ3n) is 2.02. The third-order valence-corrected chi connectivity index (χ3v) is 2.02. The summed E-state index contributed by atoms with van der Waals surface area (Å²) in [6.45, 7) is 2.12. The summed E-state index contributed by atoms with van der Waals surface area (Å²) >= 11 is 0. The lowest BCUT2D eigenvalue weighted by molar-refractivity contribution is 0.291. The van der Waals surface area contributed by atoms with Crippen molar-refractivity contribution in [1.82, 2.24) is 4.98 Å². The van der Waals surface area contributed by atoms with Gasteiger partial charge in [0.05, 0.1) is 0 Å². The maximum Gasteiger partial charge on any atom is 0.213 e. The number of aryl methyl sites for hydroxylation is 1. The predicted molar refractivity (Wildman–Crippen MR) is 47.3 cm³/mol. The van der Waals surface area contributed by atoms with Crippen molar-refractivity contribution in [2.45, 2.75) is 32.3 Å². The van der Waals surface area contributed by atoms with E-state index in [4.69, 9.17) is 4.74 Å². The molecule has 0 aliphatic heterocycles. The topological polar surface area (TPSA) is 22.1 Å². The van der Waals surface area contributed by atoms with Crippen molar-refractivity contribution in [2.24, 2.45) is 0 Å². The molecule has 0 amide bonds. The first-order chi connectivity index (χ1) is 5.88. The van der Waals surface area contributed by atoms with E-state index in [1.165, 1.54) is 18.4 Å². The number of rotatable bonds is 3. The second kappa shape index (κ2) is 3.13. The van der Waals surface area contributed by atoms with Crippen molar-refractivity contribution in [3.63, 3.8) is 0 Å². The molecule has 1 aromatic rings. The van der Waals surface area contributed by atoms with Crippen LogP contribution < -0.4 is 4.74 Å². The van der Waals surface area contributed by atoms with Gasteiger partial charge >= 0.3 is 0 Å². The smallest absolute Gasteiger partial charge is 0.213 e. The van der Waals surface area contributed by atoms with Crippen LogP contribution in [0.4, 0.5) is 0 Å². The highest BCUT2D eigenvalue weighted by Crippen LogP contribution is 2.25. The molecule has 0 unspecified atom stereocenters. The van der Waals surface area contributed by atoms with Crippen LogP contribution >= 0.6 is 0 Å². The summed E-state index contributed by atoms with van der Waals surface area (Å²) in [7, 11) is 0. The summed E-state index contributed by atoms with van der Waals surface area (Å²) in [5.74, 6) is 0.773. The molecule has 1 fully saturated rings. The van der Waals surface area contributed by atoms with E-state index < -0.39 is 0 Å². The zero-order valence-electron chi connectivity index (χ0n) is 7.29. The second-order valence-electron chi connectivity index (χ2n) is 3.18. The number of aromatic nitrogens is 1. The molecule has 2 nitrogen and oxygen atoms in total. The minimum absolute atomic E-state index is 0.449. The lowest BCUT2D eigenvalue weighted by Gasteiger charge is -2.02. The van der Waals surface area contributed by atoms with Gasteiger partial charge in [0, 0.05) is 12.3 Å². The van der Waals surface area contributed by atoms with Crippen LogP contribution in [0, 0.1) is 0 Å². The third kappa shape index (κ3) is 1.76. The molecule has 1 heterocycles. The highest BCUT2D eigenvalue weighted by molar-refractivity contribution is 5.18.